The summed E-state index contributed by atoms with van der Waals surface area (Å²) in [7, 11) is -2.51. The molecule has 23 heavy (non-hydrogen) atoms. The number of rotatable bonds is 5. The van der Waals surface area contributed by atoms with Crippen molar-refractivity contribution in [3.63, 3.8) is 0 Å². The lowest BCUT2D eigenvalue weighted by atomic mass is 10.2. The average Bonchev–Trinajstić information content (AvgIpc) is 3.38. The summed E-state index contributed by atoms with van der Waals surface area (Å²) < 4.78 is 12.1. The van der Waals surface area contributed by atoms with Crippen LogP contribution in [0.3, 0.4) is 0 Å². The molecular formula is C20H24O2Si. The summed E-state index contributed by atoms with van der Waals surface area (Å²) in [5.41, 5.74) is 0. The quantitative estimate of drug-likeness (QED) is 0.477. The van der Waals surface area contributed by atoms with Gasteiger partial charge in [-0.05, 0) is 15.4 Å². The number of benzene rings is 2. The third kappa shape index (κ3) is 2.99. The van der Waals surface area contributed by atoms with Crippen molar-refractivity contribution in [3.05, 3.63) is 73.0 Å². The first-order valence-electron chi connectivity index (χ1n) is 8.05. The minimum atomic E-state index is -2.51. The standard InChI is InChI=1S/C20H24O2Si/c1-16(19-15-21-19)22-23(20(2,3)4,17-11-7-5-8-12-17)18-13-9-6-10-14-18/h5-14,19H,1,15H2,2-4H3/t19-/m0/s1. The fourth-order valence-corrected chi connectivity index (χ4v) is 7.60. The largest absolute Gasteiger partial charge is 0.535 e. The van der Waals surface area contributed by atoms with E-state index in [0.717, 1.165) is 12.4 Å². The molecule has 2 aromatic carbocycles. The molecule has 2 aromatic rings. The van der Waals surface area contributed by atoms with Crippen LogP contribution >= 0.6 is 0 Å². The molecule has 0 unspecified atom stereocenters. The monoisotopic (exact) mass is 324 g/mol. The van der Waals surface area contributed by atoms with Gasteiger partial charge in [-0.25, -0.2) is 0 Å². The van der Waals surface area contributed by atoms with E-state index in [4.69, 9.17) is 9.16 Å². The highest BCUT2D eigenvalue weighted by Crippen LogP contribution is 2.39. The van der Waals surface area contributed by atoms with Crippen molar-refractivity contribution >= 4 is 18.7 Å². The lowest BCUT2D eigenvalue weighted by molar-refractivity contribution is 0.327. The van der Waals surface area contributed by atoms with Gasteiger partial charge in [0.25, 0.3) is 0 Å². The van der Waals surface area contributed by atoms with Crippen LogP contribution < -0.4 is 10.4 Å². The lowest BCUT2D eigenvalue weighted by Crippen LogP contribution is -2.66. The molecule has 0 amide bonds. The molecular weight excluding hydrogens is 300 g/mol. The van der Waals surface area contributed by atoms with E-state index in [-0.39, 0.29) is 11.1 Å². The van der Waals surface area contributed by atoms with E-state index < -0.39 is 8.32 Å². The molecule has 1 aliphatic rings. The zero-order valence-electron chi connectivity index (χ0n) is 14.1. The van der Waals surface area contributed by atoms with E-state index in [9.17, 15) is 0 Å². The lowest BCUT2D eigenvalue weighted by Gasteiger charge is -2.43. The maximum atomic E-state index is 6.72. The molecule has 120 valence electrons. The molecule has 1 atom stereocenters. The summed E-state index contributed by atoms with van der Waals surface area (Å²) in [6, 6.07) is 21.2. The molecule has 3 heteroatoms. The Morgan fingerprint density at radius 3 is 1.78 bits per heavy atom. The highest BCUT2D eigenvalue weighted by atomic mass is 28.4. The molecule has 0 N–H and O–H groups in total. The first kappa shape index (κ1) is 16.0. The number of ether oxygens (including phenoxy) is 1. The zero-order chi connectivity index (χ0) is 16.5. The number of epoxide rings is 1. The van der Waals surface area contributed by atoms with Crippen LogP contribution in [-0.2, 0) is 9.16 Å². The average molecular weight is 324 g/mol. The van der Waals surface area contributed by atoms with Crippen LogP contribution in [0.1, 0.15) is 20.8 Å². The van der Waals surface area contributed by atoms with Crippen molar-refractivity contribution in [2.45, 2.75) is 31.9 Å². The van der Waals surface area contributed by atoms with Crippen LogP contribution in [0.15, 0.2) is 73.0 Å². The zero-order valence-corrected chi connectivity index (χ0v) is 15.1. The van der Waals surface area contributed by atoms with Gasteiger partial charge in [-0.1, -0.05) is 88.0 Å². The predicted octanol–water partition coefficient (Wildman–Crippen LogP) is 3.48. The molecule has 1 fully saturated rings. The van der Waals surface area contributed by atoms with Gasteiger partial charge in [0, 0.05) is 0 Å². The molecule has 1 heterocycles. The second kappa shape index (κ2) is 5.98. The predicted molar refractivity (Wildman–Crippen MR) is 97.6 cm³/mol. The second-order valence-electron chi connectivity index (χ2n) is 7.05. The Morgan fingerprint density at radius 1 is 1.00 bits per heavy atom. The van der Waals surface area contributed by atoms with Gasteiger partial charge >= 0.3 is 8.32 Å². The first-order chi connectivity index (χ1) is 10.9. The Bertz CT molecular complexity index is 630. The summed E-state index contributed by atoms with van der Waals surface area (Å²) in [5.74, 6) is 0.763. The van der Waals surface area contributed by atoms with Crippen molar-refractivity contribution in [2.24, 2.45) is 0 Å². The van der Waals surface area contributed by atoms with Crippen molar-refractivity contribution in [1.82, 2.24) is 0 Å². The Labute approximate surface area is 139 Å². The summed E-state index contributed by atoms with van der Waals surface area (Å²) in [4.78, 5) is 0. The van der Waals surface area contributed by atoms with Crippen LogP contribution in [0, 0.1) is 0 Å². The minimum Gasteiger partial charge on any atom is -0.535 e. The molecule has 0 bridgehead atoms. The van der Waals surface area contributed by atoms with E-state index in [2.05, 4.69) is 88.0 Å². The molecule has 1 saturated heterocycles. The third-order valence-corrected chi connectivity index (χ3v) is 9.37. The van der Waals surface area contributed by atoms with E-state index in [0.29, 0.717) is 0 Å². The fourth-order valence-electron chi connectivity index (χ4n) is 3.15. The van der Waals surface area contributed by atoms with E-state index in [1.807, 2.05) is 0 Å². The van der Waals surface area contributed by atoms with Gasteiger partial charge in [0.15, 0.2) is 0 Å². The first-order valence-corrected chi connectivity index (χ1v) is 9.96. The van der Waals surface area contributed by atoms with Crippen LogP contribution in [0.4, 0.5) is 0 Å². The molecule has 1 aliphatic heterocycles. The minimum absolute atomic E-state index is 0.0342. The normalized spacial score (nSPS) is 17.6. The van der Waals surface area contributed by atoms with E-state index in [1.165, 1.54) is 10.4 Å². The van der Waals surface area contributed by atoms with Crippen molar-refractivity contribution in [1.29, 1.82) is 0 Å². The van der Waals surface area contributed by atoms with Gasteiger partial charge in [-0.15, -0.1) is 0 Å². The topological polar surface area (TPSA) is 21.8 Å². The Kier molecular flexibility index (Phi) is 4.17. The van der Waals surface area contributed by atoms with E-state index >= 15 is 0 Å². The van der Waals surface area contributed by atoms with E-state index in [1.54, 1.807) is 0 Å². The van der Waals surface area contributed by atoms with Gasteiger partial charge < -0.3 is 9.16 Å². The summed E-state index contributed by atoms with van der Waals surface area (Å²) in [5, 5.41) is 2.49. The van der Waals surface area contributed by atoms with Crippen molar-refractivity contribution in [2.75, 3.05) is 6.61 Å². The summed E-state index contributed by atoms with van der Waals surface area (Å²) in [6.07, 6.45) is 0.0525. The number of hydrogen-bond donors (Lipinski definition) is 0. The van der Waals surface area contributed by atoms with Crippen LogP contribution in [-0.4, -0.2) is 21.0 Å². The smallest absolute Gasteiger partial charge is 0.319 e. The van der Waals surface area contributed by atoms with Gasteiger partial charge in [0.05, 0.1) is 6.61 Å². The van der Waals surface area contributed by atoms with Crippen LogP contribution in [0.25, 0.3) is 0 Å². The summed E-state index contributed by atoms with van der Waals surface area (Å²) in [6.45, 7) is 11.7. The number of hydrogen-bond acceptors (Lipinski definition) is 2. The molecule has 0 aromatic heterocycles. The Balaban J connectivity index is 2.18. The van der Waals surface area contributed by atoms with Gasteiger partial charge in [-0.2, -0.15) is 0 Å². The molecule has 0 aliphatic carbocycles. The molecule has 0 spiro atoms. The highest BCUT2D eigenvalue weighted by Gasteiger charge is 2.53. The van der Waals surface area contributed by atoms with Crippen LogP contribution in [0.5, 0.6) is 0 Å². The highest BCUT2D eigenvalue weighted by molar-refractivity contribution is 6.99. The Morgan fingerprint density at radius 2 is 1.43 bits per heavy atom. The van der Waals surface area contributed by atoms with Crippen LogP contribution in [0.2, 0.25) is 5.04 Å². The summed E-state index contributed by atoms with van der Waals surface area (Å²) >= 11 is 0. The van der Waals surface area contributed by atoms with Crippen molar-refractivity contribution < 1.29 is 9.16 Å². The molecule has 0 radical (unpaired) electrons. The molecule has 0 saturated carbocycles. The Hall–Kier alpha value is -1.84. The molecule has 2 nitrogen and oxygen atoms in total. The SMILES string of the molecule is C=C(O[Si](c1ccccc1)(c1ccccc1)C(C)(C)C)[C@@H]1CO1. The van der Waals surface area contributed by atoms with Gasteiger partial charge in [0.1, 0.15) is 11.9 Å². The maximum Gasteiger partial charge on any atom is 0.319 e. The third-order valence-electron chi connectivity index (χ3n) is 4.39. The van der Waals surface area contributed by atoms with Crippen molar-refractivity contribution in [3.8, 4) is 0 Å². The maximum absolute atomic E-state index is 6.72. The molecule has 3 rings (SSSR count). The van der Waals surface area contributed by atoms with Gasteiger partial charge in [-0.3, -0.25) is 0 Å². The second-order valence-corrected chi connectivity index (χ2v) is 11.3. The fraction of sp³-hybridized carbons (Fsp3) is 0.300. The van der Waals surface area contributed by atoms with Gasteiger partial charge in [0.2, 0.25) is 0 Å².